The van der Waals surface area contributed by atoms with Crippen molar-refractivity contribution in [2.45, 2.75) is 38.1 Å². The summed E-state index contributed by atoms with van der Waals surface area (Å²) in [6, 6.07) is 31.2. The second kappa shape index (κ2) is 11.0. The van der Waals surface area contributed by atoms with Gasteiger partial charge in [-0.05, 0) is 72.4 Å². The number of pyridine rings is 1. The molecule has 5 aromatic rings. The normalized spacial score (nSPS) is 14.5. The zero-order valence-corrected chi connectivity index (χ0v) is 22.3. The van der Waals surface area contributed by atoms with Gasteiger partial charge in [0, 0.05) is 22.3 Å². The van der Waals surface area contributed by atoms with E-state index in [2.05, 4.69) is 39.7 Å². The number of halogens is 1. The first-order valence-corrected chi connectivity index (χ1v) is 13.9. The Hall–Kier alpha value is -4.09. The van der Waals surface area contributed by atoms with Gasteiger partial charge in [0.1, 0.15) is 0 Å². The van der Waals surface area contributed by atoms with Crippen molar-refractivity contribution >= 4 is 45.0 Å². The fourth-order valence-corrected chi connectivity index (χ4v) is 6.12. The third-order valence-electron chi connectivity index (χ3n) is 7.87. The zero-order valence-electron chi connectivity index (χ0n) is 21.6. The zero-order chi connectivity index (χ0) is 26.8. The maximum Gasteiger partial charge on any atom is 0.246 e. The average Bonchev–Trinajstić information content (AvgIpc) is 3.50. The number of para-hydroxylation sites is 2. The van der Waals surface area contributed by atoms with Gasteiger partial charge in [0.15, 0.2) is 5.43 Å². The van der Waals surface area contributed by atoms with Gasteiger partial charge in [0.05, 0.1) is 22.6 Å². The predicted octanol–water partition coefficient (Wildman–Crippen LogP) is 7.27. The summed E-state index contributed by atoms with van der Waals surface area (Å²) in [5.41, 5.74) is 10.7. The van der Waals surface area contributed by atoms with Gasteiger partial charge in [-0.3, -0.25) is 20.4 Å². The van der Waals surface area contributed by atoms with Crippen molar-refractivity contribution in [1.29, 1.82) is 0 Å². The number of rotatable bonds is 7. The van der Waals surface area contributed by atoms with Crippen LogP contribution in [0, 0.1) is 5.92 Å². The van der Waals surface area contributed by atoms with Crippen LogP contribution < -0.4 is 16.3 Å². The number of aromatic nitrogens is 1. The molecule has 1 unspecified atom stereocenters. The lowest BCUT2D eigenvalue weighted by molar-refractivity contribution is -0.123. The Morgan fingerprint density at radius 1 is 0.846 bits per heavy atom. The fourth-order valence-electron chi connectivity index (χ4n) is 5.95. The Balaban J connectivity index is 1.31. The van der Waals surface area contributed by atoms with Crippen LogP contribution in [0.25, 0.3) is 21.8 Å². The SMILES string of the molecule is O=C(NNc1ccccc1)C(c1ccc(Cn2c3ccccc3c(=O)c3cc(Cl)ccc32)cc1)C1CCCC1. The molecule has 0 aliphatic heterocycles. The summed E-state index contributed by atoms with van der Waals surface area (Å²) in [4.78, 5) is 26.6. The number of carbonyl (C=O) groups is 1. The van der Waals surface area contributed by atoms with E-state index in [9.17, 15) is 9.59 Å². The van der Waals surface area contributed by atoms with Crippen LogP contribution >= 0.6 is 11.6 Å². The van der Waals surface area contributed by atoms with Crippen molar-refractivity contribution in [2.75, 3.05) is 5.43 Å². The molecular weight excluding hydrogens is 506 g/mol. The molecule has 1 atom stereocenters. The Morgan fingerprint density at radius 3 is 2.31 bits per heavy atom. The molecule has 6 rings (SSSR count). The molecular formula is C33H30ClN3O2. The van der Waals surface area contributed by atoms with Gasteiger partial charge >= 0.3 is 0 Å². The van der Waals surface area contributed by atoms with Gasteiger partial charge in [-0.1, -0.05) is 79.0 Å². The van der Waals surface area contributed by atoms with Crippen molar-refractivity contribution < 1.29 is 4.79 Å². The summed E-state index contributed by atoms with van der Waals surface area (Å²) >= 11 is 6.25. The first-order valence-electron chi connectivity index (χ1n) is 13.5. The number of nitrogens with one attached hydrogen (secondary N) is 2. The van der Waals surface area contributed by atoms with Crippen LogP contribution in [0.2, 0.25) is 5.02 Å². The fraction of sp³-hybridized carbons (Fsp3) is 0.212. The first-order chi connectivity index (χ1) is 19.1. The lowest BCUT2D eigenvalue weighted by Crippen LogP contribution is -2.36. The van der Waals surface area contributed by atoms with Crippen LogP contribution in [0.3, 0.4) is 0 Å². The summed E-state index contributed by atoms with van der Waals surface area (Å²) in [5.74, 6) is 0.103. The minimum Gasteiger partial charge on any atom is -0.336 e. The maximum atomic E-state index is 13.4. The summed E-state index contributed by atoms with van der Waals surface area (Å²) in [6.07, 6.45) is 4.44. The summed E-state index contributed by atoms with van der Waals surface area (Å²) in [5, 5.41) is 1.83. The summed E-state index contributed by atoms with van der Waals surface area (Å²) in [7, 11) is 0. The van der Waals surface area contributed by atoms with Crippen LogP contribution in [-0.2, 0) is 11.3 Å². The quantitative estimate of drug-likeness (QED) is 0.170. The Kier molecular flexibility index (Phi) is 7.08. The van der Waals surface area contributed by atoms with Crippen molar-refractivity contribution in [3.8, 4) is 0 Å². The molecule has 6 heteroatoms. The predicted molar refractivity (Wildman–Crippen MR) is 159 cm³/mol. The molecule has 196 valence electrons. The number of nitrogens with zero attached hydrogens (tertiary/aromatic N) is 1. The number of hydrogen-bond acceptors (Lipinski definition) is 3. The molecule has 5 nitrogen and oxygen atoms in total. The Bertz CT molecular complexity index is 1690. The van der Waals surface area contributed by atoms with Gasteiger partial charge in [0.25, 0.3) is 0 Å². The van der Waals surface area contributed by atoms with Crippen LogP contribution in [0.4, 0.5) is 5.69 Å². The second-order valence-corrected chi connectivity index (χ2v) is 10.8. The highest BCUT2D eigenvalue weighted by Crippen LogP contribution is 2.38. The number of hydrazine groups is 1. The van der Waals surface area contributed by atoms with Crippen LogP contribution in [0.15, 0.2) is 102 Å². The van der Waals surface area contributed by atoms with E-state index in [4.69, 9.17) is 11.6 Å². The molecule has 1 saturated carbocycles. The first kappa shape index (κ1) is 25.2. The van der Waals surface area contributed by atoms with E-state index in [-0.39, 0.29) is 17.3 Å². The van der Waals surface area contributed by atoms with Crippen molar-refractivity contribution in [3.63, 3.8) is 0 Å². The highest BCUT2D eigenvalue weighted by atomic mass is 35.5. The number of carbonyl (C=O) groups excluding carboxylic acids is 1. The monoisotopic (exact) mass is 535 g/mol. The highest BCUT2D eigenvalue weighted by molar-refractivity contribution is 6.31. The van der Waals surface area contributed by atoms with Crippen molar-refractivity contribution in [1.82, 2.24) is 9.99 Å². The average molecular weight is 536 g/mol. The van der Waals surface area contributed by atoms with E-state index in [1.54, 1.807) is 6.07 Å². The number of anilines is 1. The topological polar surface area (TPSA) is 63.1 Å². The van der Waals surface area contributed by atoms with E-state index in [1.165, 1.54) is 0 Å². The molecule has 0 bridgehead atoms. The molecule has 0 radical (unpaired) electrons. The van der Waals surface area contributed by atoms with Crippen molar-refractivity contribution in [2.24, 2.45) is 5.92 Å². The lowest BCUT2D eigenvalue weighted by atomic mass is 9.84. The molecule has 0 spiro atoms. The van der Waals surface area contributed by atoms with Gasteiger partial charge in [0.2, 0.25) is 5.91 Å². The number of fused-ring (bicyclic) bond motifs is 2. The molecule has 39 heavy (non-hydrogen) atoms. The Labute approximate surface area is 232 Å². The van der Waals surface area contributed by atoms with E-state index in [1.807, 2.05) is 66.7 Å². The molecule has 1 fully saturated rings. The number of amides is 1. The molecule has 0 saturated heterocycles. The lowest BCUT2D eigenvalue weighted by Gasteiger charge is -2.24. The third kappa shape index (κ3) is 5.15. The molecule has 1 heterocycles. The molecule has 1 amide bonds. The minimum atomic E-state index is -0.214. The van der Waals surface area contributed by atoms with Gasteiger partial charge in [-0.2, -0.15) is 0 Å². The number of hydrogen-bond donors (Lipinski definition) is 2. The van der Waals surface area contributed by atoms with Gasteiger partial charge in [-0.25, -0.2) is 0 Å². The summed E-state index contributed by atoms with van der Waals surface area (Å²) < 4.78 is 2.17. The van der Waals surface area contributed by atoms with Crippen molar-refractivity contribution in [3.05, 3.63) is 123 Å². The highest BCUT2D eigenvalue weighted by Gasteiger charge is 2.32. The van der Waals surface area contributed by atoms with E-state index in [0.29, 0.717) is 28.3 Å². The smallest absolute Gasteiger partial charge is 0.246 e. The van der Waals surface area contributed by atoms with E-state index in [0.717, 1.165) is 53.5 Å². The van der Waals surface area contributed by atoms with E-state index >= 15 is 0 Å². The molecule has 1 aromatic heterocycles. The second-order valence-electron chi connectivity index (χ2n) is 10.3. The minimum absolute atomic E-state index is 0.00669. The maximum absolute atomic E-state index is 13.4. The molecule has 1 aliphatic rings. The molecule has 1 aliphatic carbocycles. The van der Waals surface area contributed by atoms with Gasteiger partial charge in [-0.15, -0.1) is 0 Å². The van der Waals surface area contributed by atoms with E-state index < -0.39 is 0 Å². The van der Waals surface area contributed by atoms with Crippen LogP contribution in [0.5, 0.6) is 0 Å². The van der Waals surface area contributed by atoms with Crippen LogP contribution in [-0.4, -0.2) is 10.5 Å². The number of benzene rings is 4. The Morgan fingerprint density at radius 2 is 1.54 bits per heavy atom. The summed E-state index contributed by atoms with van der Waals surface area (Å²) in [6.45, 7) is 0.592. The van der Waals surface area contributed by atoms with Crippen LogP contribution in [0.1, 0.15) is 42.7 Å². The standard InChI is InChI=1S/C33H30ClN3O2/c34-25-18-19-30-28(20-25)32(38)27-12-6-7-13-29(27)37(30)21-22-14-16-24(17-15-22)31(23-8-4-5-9-23)33(39)36-35-26-10-2-1-3-11-26/h1-3,6-7,10-20,23,31,35H,4-5,8-9,21H2,(H,36,39). The largest absolute Gasteiger partial charge is 0.336 e. The van der Waals surface area contributed by atoms with Gasteiger partial charge < -0.3 is 4.57 Å². The third-order valence-corrected chi connectivity index (χ3v) is 8.11. The molecule has 4 aromatic carbocycles. The molecule has 2 N–H and O–H groups in total.